The number of anilines is 2. The van der Waals surface area contributed by atoms with Crippen LogP contribution in [0.1, 0.15) is 5.56 Å². The van der Waals surface area contributed by atoms with Gasteiger partial charge in [0.1, 0.15) is 11.6 Å². The van der Waals surface area contributed by atoms with Crippen LogP contribution < -0.4 is 10.6 Å². The molecule has 140 valence electrons. The van der Waals surface area contributed by atoms with Crippen molar-refractivity contribution in [2.45, 2.75) is 6.18 Å². The van der Waals surface area contributed by atoms with E-state index in [9.17, 15) is 18.0 Å². The number of hydrogen-bond acceptors (Lipinski definition) is 3. The lowest BCUT2D eigenvalue weighted by atomic mass is 10.1. The lowest BCUT2D eigenvalue weighted by molar-refractivity contribution is -0.136. The highest BCUT2D eigenvalue weighted by atomic mass is 35.5. The van der Waals surface area contributed by atoms with Gasteiger partial charge in [0, 0.05) is 16.2 Å². The van der Waals surface area contributed by atoms with Crippen LogP contribution in [0, 0.1) is 11.3 Å². The van der Waals surface area contributed by atoms with Crippen molar-refractivity contribution < 1.29 is 18.0 Å². The normalized spacial score (nSPS) is 11.7. The molecule has 0 aliphatic carbocycles. The van der Waals surface area contributed by atoms with Crippen LogP contribution in [-0.4, -0.2) is 5.91 Å². The summed E-state index contributed by atoms with van der Waals surface area (Å²) >= 11 is 17.3. The standard InChI is InChI=1S/C17H9Cl3F3N3O/c18-10-1-3-14(12(5-10)17(21,22)23)25-8-9(7-24)16(27)26-15-4-2-11(19)6-13(15)20/h1-6,8,25H,(H,26,27)/b9-8-. The first kappa shape index (κ1) is 20.9. The van der Waals surface area contributed by atoms with E-state index in [1.54, 1.807) is 6.07 Å². The van der Waals surface area contributed by atoms with E-state index in [-0.39, 0.29) is 21.4 Å². The van der Waals surface area contributed by atoms with Gasteiger partial charge in [-0.25, -0.2) is 0 Å². The molecule has 0 fully saturated rings. The SMILES string of the molecule is N#C/C(=C/Nc1ccc(Cl)cc1C(F)(F)F)C(=O)Nc1ccc(Cl)cc1Cl. The first-order valence-corrected chi connectivity index (χ1v) is 8.25. The van der Waals surface area contributed by atoms with Gasteiger partial charge in [-0.2, -0.15) is 18.4 Å². The predicted molar refractivity (Wildman–Crippen MR) is 98.9 cm³/mol. The predicted octanol–water partition coefficient (Wildman–Crippen LogP) is 6.12. The maximum absolute atomic E-state index is 13.1. The van der Waals surface area contributed by atoms with Crippen molar-refractivity contribution in [3.8, 4) is 6.07 Å². The number of carbonyl (C=O) groups is 1. The van der Waals surface area contributed by atoms with E-state index in [4.69, 9.17) is 40.1 Å². The molecule has 0 aliphatic rings. The van der Waals surface area contributed by atoms with Crippen LogP contribution in [0.25, 0.3) is 0 Å². The molecule has 0 atom stereocenters. The number of alkyl halides is 3. The van der Waals surface area contributed by atoms with E-state index in [1.807, 2.05) is 0 Å². The molecule has 0 saturated heterocycles. The summed E-state index contributed by atoms with van der Waals surface area (Å²) in [6.07, 6.45) is -3.81. The Morgan fingerprint density at radius 2 is 1.63 bits per heavy atom. The average molecular weight is 435 g/mol. The number of nitrogens with one attached hydrogen (secondary N) is 2. The third-order valence-corrected chi connectivity index (χ3v) is 3.99. The molecule has 1 amide bonds. The molecule has 2 rings (SSSR count). The van der Waals surface area contributed by atoms with E-state index in [2.05, 4.69) is 10.6 Å². The van der Waals surface area contributed by atoms with Gasteiger partial charge in [0.15, 0.2) is 0 Å². The van der Waals surface area contributed by atoms with Crippen LogP contribution in [0.4, 0.5) is 24.5 Å². The van der Waals surface area contributed by atoms with Crippen LogP contribution in [-0.2, 0) is 11.0 Å². The van der Waals surface area contributed by atoms with Gasteiger partial charge in [0.2, 0.25) is 0 Å². The fraction of sp³-hybridized carbons (Fsp3) is 0.0588. The monoisotopic (exact) mass is 433 g/mol. The number of hydrogen-bond donors (Lipinski definition) is 2. The van der Waals surface area contributed by atoms with Gasteiger partial charge in [-0.1, -0.05) is 34.8 Å². The first-order chi connectivity index (χ1) is 12.6. The molecular formula is C17H9Cl3F3N3O. The van der Waals surface area contributed by atoms with E-state index >= 15 is 0 Å². The molecule has 2 N–H and O–H groups in total. The number of benzene rings is 2. The zero-order chi connectivity index (χ0) is 20.2. The Labute approximate surface area is 167 Å². The molecular weight excluding hydrogens is 426 g/mol. The van der Waals surface area contributed by atoms with E-state index in [0.717, 1.165) is 18.3 Å². The number of halogens is 6. The quantitative estimate of drug-likeness (QED) is 0.450. The highest BCUT2D eigenvalue weighted by Gasteiger charge is 2.33. The Balaban J connectivity index is 2.24. The van der Waals surface area contributed by atoms with Crippen molar-refractivity contribution in [1.82, 2.24) is 0 Å². The Morgan fingerprint density at radius 3 is 2.19 bits per heavy atom. The molecule has 0 spiro atoms. The Morgan fingerprint density at radius 1 is 1.04 bits per heavy atom. The van der Waals surface area contributed by atoms with Gasteiger partial charge < -0.3 is 10.6 Å². The highest BCUT2D eigenvalue weighted by Crippen LogP contribution is 2.36. The number of nitriles is 1. The molecule has 0 saturated carbocycles. The van der Waals surface area contributed by atoms with Crippen molar-refractivity contribution in [3.05, 3.63) is 68.8 Å². The topological polar surface area (TPSA) is 64.9 Å². The number of carbonyl (C=O) groups excluding carboxylic acids is 1. The summed E-state index contributed by atoms with van der Waals surface area (Å²) in [7, 11) is 0. The molecule has 0 unspecified atom stereocenters. The summed E-state index contributed by atoms with van der Waals surface area (Å²) in [5.41, 5.74) is -1.68. The minimum Gasteiger partial charge on any atom is -0.360 e. The Kier molecular flexibility index (Phi) is 6.60. The van der Waals surface area contributed by atoms with Gasteiger partial charge in [0.25, 0.3) is 5.91 Å². The van der Waals surface area contributed by atoms with Crippen LogP contribution in [0.2, 0.25) is 15.1 Å². The smallest absolute Gasteiger partial charge is 0.360 e. The minimum absolute atomic E-state index is 0.104. The summed E-state index contributed by atoms with van der Waals surface area (Å²) in [4.78, 5) is 12.2. The van der Waals surface area contributed by atoms with Crippen molar-refractivity contribution in [2.24, 2.45) is 0 Å². The van der Waals surface area contributed by atoms with Gasteiger partial charge >= 0.3 is 6.18 Å². The summed E-state index contributed by atoms with van der Waals surface area (Å²) in [5, 5.41) is 14.2. The summed E-state index contributed by atoms with van der Waals surface area (Å²) in [6.45, 7) is 0. The van der Waals surface area contributed by atoms with Crippen molar-refractivity contribution >= 4 is 52.1 Å². The molecule has 0 bridgehead atoms. The van der Waals surface area contributed by atoms with Gasteiger partial charge in [0.05, 0.1) is 22.0 Å². The van der Waals surface area contributed by atoms with Crippen molar-refractivity contribution in [3.63, 3.8) is 0 Å². The second kappa shape index (κ2) is 8.53. The molecule has 2 aromatic rings. The third-order valence-electron chi connectivity index (χ3n) is 3.20. The second-order valence-electron chi connectivity index (χ2n) is 5.08. The zero-order valence-electron chi connectivity index (χ0n) is 13.2. The number of rotatable bonds is 4. The van der Waals surface area contributed by atoms with Gasteiger partial charge in [-0.15, -0.1) is 0 Å². The van der Waals surface area contributed by atoms with Gasteiger partial charge in [-0.3, -0.25) is 4.79 Å². The molecule has 0 aromatic heterocycles. The molecule has 2 aromatic carbocycles. The minimum atomic E-state index is -4.67. The zero-order valence-corrected chi connectivity index (χ0v) is 15.4. The molecule has 0 radical (unpaired) electrons. The highest BCUT2D eigenvalue weighted by molar-refractivity contribution is 6.36. The van der Waals surface area contributed by atoms with Crippen molar-refractivity contribution in [2.75, 3.05) is 10.6 Å². The summed E-state index contributed by atoms with van der Waals surface area (Å²) in [6, 6.07) is 8.95. The second-order valence-corrected chi connectivity index (χ2v) is 6.36. The lowest BCUT2D eigenvalue weighted by Crippen LogP contribution is -2.15. The molecule has 0 heterocycles. The van der Waals surface area contributed by atoms with Crippen molar-refractivity contribution in [1.29, 1.82) is 5.26 Å². The van der Waals surface area contributed by atoms with E-state index < -0.39 is 23.2 Å². The molecule has 0 aliphatic heterocycles. The van der Waals surface area contributed by atoms with Crippen LogP contribution in [0.15, 0.2) is 48.2 Å². The van der Waals surface area contributed by atoms with E-state index in [1.165, 1.54) is 24.3 Å². The summed E-state index contributed by atoms with van der Waals surface area (Å²) in [5.74, 6) is -0.864. The number of amides is 1. The van der Waals surface area contributed by atoms with Gasteiger partial charge in [-0.05, 0) is 36.4 Å². The van der Waals surface area contributed by atoms with E-state index in [0.29, 0.717) is 5.02 Å². The fourth-order valence-corrected chi connectivity index (χ4v) is 2.58. The van der Waals surface area contributed by atoms with Crippen LogP contribution >= 0.6 is 34.8 Å². The van der Waals surface area contributed by atoms with Crippen LogP contribution in [0.3, 0.4) is 0 Å². The Hall–Kier alpha value is -2.40. The fourth-order valence-electron chi connectivity index (χ4n) is 1.96. The first-order valence-electron chi connectivity index (χ1n) is 7.12. The molecule has 10 heteroatoms. The summed E-state index contributed by atoms with van der Waals surface area (Å²) < 4.78 is 39.2. The average Bonchev–Trinajstić information content (AvgIpc) is 2.58. The Bertz CT molecular complexity index is 953. The van der Waals surface area contributed by atoms with Crippen LogP contribution in [0.5, 0.6) is 0 Å². The maximum Gasteiger partial charge on any atom is 0.418 e. The maximum atomic E-state index is 13.1. The molecule has 4 nitrogen and oxygen atoms in total. The lowest BCUT2D eigenvalue weighted by Gasteiger charge is -2.13. The number of nitrogens with zero attached hydrogens (tertiary/aromatic N) is 1. The largest absolute Gasteiger partial charge is 0.418 e. The molecule has 27 heavy (non-hydrogen) atoms. The third kappa shape index (κ3) is 5.54.